The van der Waals surface area contributed by atoms with Gasteiger partial charge in [-0.1, -0.05) is 158 Å². The minimum atomic E-state index is 0.598. The Bertz CT molecular complexity index is 3270. The van der Waals surface area contributed by atoms with E-state index in [-0.39, 0.29) is 0 Å². The van der Waals surface area contributed by atoms with Gasteiger partial charge in [0.15, 0.2) is 17.5 Å². The Morgan fingerprint density at radius 1 is 0.291 bits per heavy atom. The van der Waals surface area contributed by atoms with Crippen molar-refractivity contribution in [3.05, 3.63) is 188 Å². The highest BCUT2D eigenvalue weighted by Crippen LogP contribution is 2.38. The SMILES string of the molecule is c1cc(-c2ccc(-c3ccc4ccccc4c3)cc2)cc(-c2nc(-c3ccc4ccc5ccccc5c4c3)nc(-c3cccc4oc5ccccc5c34)n2)c1. The molecule has 55 heavy (non-hydrogen) atoms. The molecule has 0 aliphatic heterocycles. The Hall–Kier alpha value is -7.43. The summed E-state index contributed by atoms with van der Waals surface area (Å²) in [4.78, 5) is 15.6. The number of aromatic nitrogens is 3. The average Bonchev–Trinajstić information content (AvgIpc) is 3.65. The van der Waals surface area contributed by atoms with Crippen LogP contribution >= 0.6 is 0 Å². The first-order valence-electron chi connectivity index (χ1n) is 18.5. The van der Waals surface area contributed by atoms with E-state index in [0.29, 0.717) is 17.5 Å². The van der Waals surface area contributed by atoms with E-state index in [1.165, 1.54) is 38.1 Å². The molecule has 0 N–H and O–H groups in total. The Balaban J connectivity index is 1.05. The molecule has 2 aromatic heterocycles. The van der Waals surface area contributed by atoms with Crippen LogP contribution in [-0.2, 0) is 0 Å². The zero-order valence-electron chi connectivity index (χ0n) is 29.6. The molecule has 256 valence electrons. The first-order valence-corrected chi connectivity index (χ1v) is 18.5. The second-order valence-corrected chi connectivity index (χ2v) is 14.0. The summed E-state index contributed by atoms with van der Waals surface area (Å²) >= 11 is 0. The maximum absolute atomic E-state index is 6.28. The third-order valence-electron chi connectivity index (χ3n) is 10.7. The average molecular weight is 702 g/mol. The number of rotatable bonds is 5. The number of fused-ring (bicyclic) bond motifs is 7. The van der Waals surface area contributed by atoms with E-state index >= 15 is 0 Å². The number of nitrogens with zero attached hydrogens (tertiary/aromatic N) is 3. The fourth-order valence-corrected chi connectivity index (χ4v) is 7.92. The number of benzene rings is 9. The van der Waals surface area contributed by atoms with E-state index < -0.39 is 0 Å². The van der Waals surface area contributed by atoms with Crippen LogP contribution in [0.15, 0.2) is 192 Å². The van der Waals surface area contributed by atoms with E-state index in [9.17, 15) is 0 Å². The van der Waals surface area contributed by atoms with Crippen molar-refractivity contribution in [2.75, 3.05) is 0 Å². The molecule has 0 saturated heterocycles. The van der Waals surface area contributed by atoms with E-state index in [0.717, 1.165) is 55.1 Å². The van der Waals surface area contributed by atoms with Gasteiger partial charge in [-0.3, -0.25) is 0 Å². The quantitative estimate of drug-likeness (QED) is 0.168. The summed E-state index contributed by atoms with van der Waals surface area (Å²) in [7, 11) is 0. The minimum absolute atomic E-state index is 0.598. The molecular formula is C51H31N3O. The van der Waals surface area contributed by atoms with Gasteiger partial charge in [-0.05, 0) is 84.9 Å². The first-order chi connectivity index (χ1) is 27.2. The molecule has 0 spiro atoms. The van der Waals surface area contributed by atoms with E-state index in [4.69, 9.17) is 19.4 Å². The van der Waals surface area contributed by atoms with Crippen LogP contribution in [0, 0.1) is 0 Å². The highest BCUT2D eigenvalue weighted by Gasteiger charge is 2.18. The molecular weight excluding hydrogens is 671 g/mol. The van der Waals surface area contributed by atoms with Crippen LogP contribution in [0.1, 0.15) is 0 Å². The fraction of sp³-hybridized carbons (Fsp3) is 0. The van der Waals surface area contributed by atoms with Gasteiger partial charge in [-0.2, -0.15) is 0 Å². The van der Waals surface area contributed by atoms with E-state index in [2.05, 4.69) is 158 Å². The predicted octanol–water partition coefficient (Wildman–Crippen LogP) is 13.6. The topological polar surface area (TPSA) is 51.8 Å². The summed E-state index contributed by atoms with van der Waals surface area (Å²) in [5, 5.41) is 9.24. The molecule has 11 rings (SSSR count). The van der Waals surface area contributed by atoms with Gasteiger partial charge in [-0.25, -0.2) is 15.0 Å². The van der Waals surface area contributed by atoms with Gasteiger partial charge in [-0.15, -0.1) is 0 Å². The molecule has 9 aromatic carbocycles. The van der Waals surface area contributed by atoms with Crippen LogP contribution in [0.4, 0.5) is 0 Å². The van der Waals surface area contributed by atoms with Gasteiger partial charge in [0, 0.05) is 27.5 Å². The highest BCUT2D eigenvalue weighted by molar-refractivity contribution is 6.12. The smallest absolute Gasteiger partial charge is 0.164 e. The minimum Gasteiger partial charge on any atom is -0.456 e. The number of hydrogen-bond donors (Lipinski definition) is 0. The van der Waals surface area contributed by atoms with E-state index in [1.807, 2.05) is 30.3 Å². The molecule has 0 aliphatic rings. The number of para-hydroxylation sites is 1. The second-order valence-electron chi connectivity index (χ2n) is 14.0. The van der Waals surface area contributed by atoms with Crippen LogP contribution in [0.25, 0.3) is 111 Å². The molecule has 0 aliphatic carbocycles. The molecule has 0 radical (unpaired) electrons. The largest absolute Gasteiger partial charge is 0.456 e. The van der Waals surface area contributed by atoms with Crippen molar-refractivity contribution in [2.45, 2.75) is 0 Å². The lowest BCUT2D eigenvalue weighted by Gasteiger charge is -2.11. The normalized spacial score (nSPS) is 11.6. The third kappa shape index (κ3) is 5.43. The molecule has 0 unspecified atom stereocenters. The van der Waals surface area contributed by atoms with Crippen molar-refractivity contribution >= 4 is 54.3 Å². The van der Waals surface area contributed by atoms with Gasteiger partial charge >= 0.3 is 0 Å². The Morgan fingerprint density at radius 2 is 0.818 bits per heavy atom. The summed E-state index contributed by atoms with van der Waals surface area (Å²) in [5.74, 6) is 1.82. The van der Waals surface area contributed by atoms with Crippen LogP contribution in [-0.4, -0.2) is 15.0 Å². The van der Waals surface area contributed by atoms with Gasteiger partial charge in [0.1, 0.15) is 11.2 Å². The monoisotopic (exact) mass is 701 g/mol. The lowest BCUT2D eigenvalue weighted by molar-refractivity contribution is 0.669. The van der Waals surface area contributed by atoms with Gasteiger partial charge in [0.25, 0.3) is 0 Å². The molecule has 0 atom stereocenters. The third-order valence-corrected chi connectivity index (χ3v) is 10.7. The molecule has 0 saturated carbocycles. The van der Waals surface area contributed by atoms with Crippen LogP contribution in [0.2, 0.25) is 0 Å². The van der Waals surface area contributed by atoms with Crippen molar-refractivity contribution in [1.82, 2.24) is 15.0 Å². The molecule has 4 heteroatoms. The Labute approximate surface area is 317 Å². The van der Waals surface area contributed by atoms with Crippen molar-refractivity contribution in [3.8, 4) is 56.4 Å². The summed E-state index contributed by atoms with van der Waals surface area (Å²) in [6.45, 7) is 0. The van der Waals surface area contributed by atoms with Gasteiger partial charge < -0.3 is 4.42 Å². The highest BCUT2D eigenvalue weighted by atomic mass is 16.3. The van der Waals surface area contributed by atoms with Crippen LogP contribution < -0.4 is 0 Å². The van der Waals surface area contributed by atoms with Gasteiger partial charge in [0.2, 0.25) is 0 Å². The number of furan rings is 1. The lowest BCUT2D eigenvalue weighted by atomic mass is 9.97. The summed E-state index contributed by atoms with van der Waals surface area (Å²) < 4.78 is 6.28. The molecule has 4 nitrogen and oxygen atoms in total. The fourth-order valence-electron chi connectivity index (χ4n) is 7.92. The summed E-state index contributed by atoms with van der Waals surface area (Å²) in [6.07, 6.45) is 0. The molecule has 11 aromatic rings. The van der Waals surface area contributed by atoms with Crippen molar-refractivity contribution < 1.29 is 4.42 Å². The zero-order valence-corrected chi connectivity index (χ0v) is 29.6. The molecule has 0 fully saturated rings. The van der Waals surface area contributed by atoms with Crippen LogP contribution in [0.5, 0.6) is 0 Å². The summed E-state index contributed by atoms with van der Waals surface area (Å²) in [6, 6.07) is 65.9. The van der Waals surface area contributed by atoms with Crippen molar-refractivity contribution in [1.29, 1.82) is 0 Å². The maximum Gasteiger partial charge on any atom is 0.164 e. The first kappa shape index (κ1) is 31.1. The van der Waals surface area contributed by atoms with Crippen molar-refractivity contribution in [2.24, 2.45) is 0 Å². The molecule has 0 bridgehead atoms. The van der Waals surface area contributed by atoms with Crippen LogP contribution in [0.3, 0.4) is 0 Å². The zero-order chi connectivity index (χ0) is 36.3. The lowest BCUT2D eigenvalue weighted by Crippen LogP contribution is -2.00. The Morgan fingerprint density at radius 3 is 1.64 bits per heavy atom. The second kappa shape index (κ2) is 12.6. The van der Waals surface area contributed by atoms with E-state index in [1.54, 1.807) is 0 Å². The standard InChI is InChI=1S/C51H31N3O/c1-2-11-37-29-39(27-23-32(37)9-1)34-21-19-33(20-22-34)38-12-7-13-40(30-38)49-52-50(41-28-26-36-25-24-35-10-3-4-14-42(35)45(36)31-41)54-51(53-49)44-16-8-18-47-48(44)43-15-5-6-17-46(43)55-47/h1-31H. The predicted molar refractivity (Wildman–Crippen MR) is 227 cm³/mol. The Kier molecular flexibility index (Phi) is 7.14. The van der Waals surface area contributed by atoms with Gasteiger partial charge in [0.05, 0.1) is 0 Å². The molecule has 2 heterocycles. The maximum atomic E-state index is 6.28. The summed E-state index contributed by atoms with van der Waals surface area (Å²) in [5.41, 5.74) is 8.97. The number of hydrogen-bond acceptors (Lipinski definition) is 4. The van der Waals surface area contributed by atoms with Crippen molar-refractivity contribution in [3.63, 3.8) is 0 Å². The molecule has 0 amide bonds.